The van der Waals surface area contributed by atoms with Gasteiger partial charge in [-0.15, -0.1) is 0 Å². The van der Waals surface area contributed by atoms with Crippen LogP contribution in [-0.4, -0.2) is 18.4 Å². The van der Waals surface area contributed by atoms with Crippen LogP contribution in [0.4, 0.5) is 11.4 Å². The van der Waals surface area contributed by atoms with Crippen LogP contribution in [0.3, 0.4) is 0 Å². The Balaban J connectivity index is 2.18. The van der Waals surface area contributed by atoms with E-state index in [4.69, 9.17) is 11.6 Å². The molecular weight excluding hydrogens is 300 g/mol. The van der Waals surface area contributed by atoms with E-state index in [1.54, 1.807) is 30.3 Å². The van der Waals surface area contributed by atoms with Crippen LogP contribution < -0.4 is 10.2 Å². The van der Waals surface area contributed by atoms with Crippen molar-refractivity contribution in [3.8, 4) is 0 Å². The van der Waals surface area contributed by atoms with Crippen LogP contribution in [0.1, 0.15) is 12.5 Å². The lowest BCUT2D eigenvalue weighted by molar-refractivity contribution is -0.134. The maximum atomic E-state index is 12.4. The number of anilines is 2. The van der Waals surface area contributed by atoms with Gasteiger partial charge in [0, 0.05) is 22.9 Å². The number of hydrogen-bond acceptors (Lipinski definition) is 2. The molecule has 0 aromatic heterocycles. The second kappa shape index (κ2) is 7.09. The molecule has 2 aromatic rings. The van der Waals surface area contributed by atoms with Crippen LogP contribution in [0.25, 0.3) is 0 Å². The Morgan fingerprint density at radius 3 is 2.45 bits per heavy atom. The molecule has 114 valence electrons. The Kier molecular flexibility index (Phi) is 5.17. The van der Waals surface area contributed by atoms with E-state index in [0.29, 0.717) is 22.9 Å². The molecule has 2 aromatic carbocycles. The fourth-order valence-electron chi connectivity index (χ4n) is 2.08. The first-order valence-electron chi connectivity index (χ1n) is 6.97. The van der Waals surface area contributed by atoms with Gasteiger partial charge in [-0.05, 0) is 43.7 Å². The van der Waals surface area contributed by atoms with Crippen molar-refractivity contribution in [1.29, 1.82) is 0 Å². The molecule has 0 unspecified atom stereocenters. The Morgan fingerprint density at radius 1 is 1.14 bits per heavy atom. The summed E-state index contributed by atoms with van der Waals surface area (Å²) >= 11 is 5.92. The van der Waals surface area contributed by atoms with Gasteiger partial charge >= 0.3 is 11.8 Å². The van der Waals surface area contributed by atoms with E-state index < -0.39 is 11.8 Å². The molecule has 0 heterocycles. The monoisotopic (exact) mass is 316 g/mol. The smallest absolute Gasteiger partial charge is 0.316 e. The third-order valence-corrected chi connectivity index (χ3v) is 3.51. The normalized spacial score (nSPS) is 10.1. The molecule has 22 heavy (non-hydrogen) atoms. The second-order valence-electron chi connectivity index (χ2n) is 4.80. The number of halogens is 1. The Hall–Kier alpha value is -2.33. The Morgan fingerprint density at radius 2 is 1.82 bits per heavy atom. The van der Waals surface area contributed by atoms with Gasteiger partial charge in [0.1, 0.15) is 0 Å². The van der Waals surface area contributed by atoms with E-state index >= 15 is 0 Å². The minimum Gasteiger partial charge on any atom is -0.317 e. The summed E-state index contributed by atoms with van der Waals surface area (Å²) in [4.78, 5) is 26.0. The predicted molar refractivity (Wildman–Crippen MR) is 89.3 cm³/mol. The second-order valence-corrected chi connectivity index (χ2v) is 5.23. The van der Waals surface area contributed by atoms with Crippen molar-refractivity contribution >= 4 is 34.8 Å². The summed E-state index contributed by atoms with van der Waals surface area (Å²) in [5.41, 5.74) is 2.07. The molecule has 0 saturated heterocycles. The SMILES string of the molecule is CCN(C(=O)C(=O)Nc1cc(Cl)ccc1C)c1ccccc1. The lowest BCUT2D eigenvalue weighted by Gasteiger charge is -2.20. The molecule has 0 spiro atoms. The maximum Gasteiger partial charge on any atom is 0.316 e. The van der Waals surface area contributed by atoms with Gasteiger partial charge in [0.25, 0.3) is 0 Å². The van der Waals surface area contributed by atoms with Crippen LogP contribution in [-0.2, 0) is 9.59 Å². The number of benzene rings is 2. The summed E-state index contributed by atoms with van der Waals surface area (Å²) < 4.78 is 0. The highest BCUT2D eigenvalue weighted by atomic mass is 35.5. The lowest BCUT2D eigenvalue weighted by atomic mass is 10.2. The molecule has 4 nitrogen and oxygen atoms in total. The predicted octanol–water partition coefficient (Wildman–Crippen LogP) is 3.64. The van der Waals surface area contributed by atoms with Crippen LogP contribution in [0, 0.1) is 6.92 Å². The van der Waals surface area contributed by atoms with Gasteiger partial charge in [-0.25, -0.2) is 0 Å². The molecule has 0 atom stereocenters. The number of carbonyl (C=O) groups is 2. The number of nitrogens with zero attached hydrogens (tertiary/aromatic N) is 1. The van der Waals surface area contributed by atoms with Crippen molar-refractivity contribution in [3.63, 3.8) is 0 Å². The lowest BCUT2D eigenvalue weighted by Crippen LogP contribution is -2.39. The number of para-hydroxylation sites is 1. The molecule has 2 rings (SSSR count). The van der Waals surface area contributed by atoms with Gasteiger partial charge in [-0.1, -0.05) is 35.9 Å². The van der Waals surface area contributed by atoms with Gasteiger partial charge < -0.3 is 10.2 Å². The molecule has 0 saturated carbocycles. The molecule has 5 heteroatoms. The van der Waals surface area contributed by atoms with E-state index in [9.17, 15) is 9.59 Å². The average molecular weight is 317 g/mol. The minimum atomic E-state index is -0.684. The van der Waals surface area contributed by atoms with Crippen LogP contribution in [0.5, 0.6) is 0 Å². The first-order valence-corrected chi connectivity index (χ1v) is 7.34. The van der Waals surface area contributed by atoms with Crippen LogP contribution in [0.2, 0.25) is 5.02 Å². The molecule has 2 amide bonds. The fraction of sp³-hybridized carbons (Fsp3) is 0.176. The van der Waals surface area contributed by atoms with Crippen molar-refractivity contribution in [3.05, 3.63) is 59.1 Å². The number of nitrogens with one attached hydrogen (secondary N) is 1. The zero-order valence-electron chi connectivity index (χ0n) is 12.5. The number of aryl methyl sites for hydroxylation is 1. The summed E-state index contributed by atoms with van der Waals surface area (Å²) in [6.45, 7) is 4.07. The van der Waals surface area contributed by atoms with Crippen molar-refractivity contribution in [2.24, 2.45) is 0 Å². The van der Waals surface area contributed by atoms with Gasteiger partial charge in [-0.3, -0.25) is 9.59 Å². The largest absolute Gasteiger partial charge is 0.317 e. The molecule has 0 aliphatic carbocycles. The van der Waals surface area contributed by atoms with Gasteiger partial charge in [0.05, 0.1) is 0 Å². The molecular formula is C17H17ClN2O2. The third kappa shape index (κ3) is 3.65. The van der Waals surface area contributed by atoms with Crippen molar-refractivity contribution in [2.45, 2.75) is 13.8 Å². The molecule has 1 N–H and O–H groups in total. The van der Waals surface area contributed by atoms with Gasteiger partial charge in [0.15, 0.2) is 0 Å². The fourth-order valence-corrected chi connectivity index (χ4v) is 2.25. The van der Waals surface area contributed by atoms with Gasteiger partial charge in [0.2, 0.25) is 0 Å². The van der Waals surface area contributed by atoms with Crippen LogP contribution in [0.15, 0.2) is 48.5 Å². The number of rotatable bonds is 3. The van der Waals surface area contributed by atoms with Crippen molar-refractivity contribution in [1.82, 2.24) is 0 Å². The molecule has 0 fully saturated rings. The third-order valence-electron chi connectivity index (χ3n) is 3.27. The maximum absolute atomic E-state index is 12.4. The van der Waals surface area contributed by atoms with Crippen LogP contribution >= 0.6 is 11.6 Å². The molecule has 0 aliphatic heterocycles. The highest BCUT2D eigenvalue weighted by Crippen LogP contribution is 2.20. The Labute approximate surface area is 134 Å². The summed E-state index contributed by atoms with van der Waals surface area (Å²) in [7, 11) is 0. The summed E-state index contributed by atoms with van der Waals surface area (Å²) in [5.74, 6) is -1.29. The van der Waals surface area contributed by atoms with Gasteiger partial charge in [-0.2, -0.15) is 0 Å². The van der Waals surface area contributed by atoms with Crippen molar-refractivity contribution in [2.75, 3.05) is 16.8 Å². The first kappa shape index (κ1) is 16.0. The van der Waals surface area contributed by atoms with Crippen molar-refractivity contribution < 1.29 is 9.59 Å². The quantitative estimate of drug-likeness (QED) is 0.879. The van der Waals surface area contributed by atoms with E-state index in [1.165, 1.54) is 4.90 Å². The minimum absolute atomic E-state index is 0.408. The molecule has 0 aliphatic rings. The first-order chi connectivity index (χ1) is 10.5. The topological polar surface area (TPSA) is 49.4 Å². The summed E-state index contributed by atoms with van der Waals surface area (Å²) in [6.07, 6.45) is 0. The highest BCUT2D eigenvalue weighted by Gasteiger charge is 2.22. The number of amides is 2. The molecule has 0 bridgehead atoms. The molecule has 0 radical (unpaired) electrons. The number of hydrogen-bond donors (Lipinski definition) is 1. The standard InChI is InChI=1S/C17H17ClN2O2/c1-3-20(14-7-5-4-6-8-14)17(22)16(21)19-15-11-13(18)10-9-12(15)2/h4-11H,3H2,1-2H3,(H,19,21). The van der Waals surface area contributed by atoms with E-state index in [0.717, 1.165) is 5.56 Å². The Bertz CT molecular complexity index is 686. The van der Waals surface area contributed by atoms with E-state index in [2.05, 4.69) is 5.32 Å². The average Bonchev–Trinajstić information content (AvgIpc) is 2.52. The highest BCUT2D eigenvalue weighted by molar-refractivity contribution is 6.44. The summed E-state index contributed by atoms with van der Waals surface area (Å²) in [6, 6.07) is 14.2. The zero-order valence-corrected chi connectivity index (χ0v) is 13.2. The number of likely N-dealkylation sites (N-methyl/N-ethyl adjacent to an activating group) is 1. The zero-order chi connectivity index (χ0) is 16.1. The van der Waals surface area contributed by atoms with E-state index in [1.807, 2.05) is 32.0 Å². The summed E-state index contributed by atoms with van der Waals surface area (Å²) in [5, 5.41) is 3.12. The number of carbonyl (C=O) groups excluding carboxylic acids is 2. The van der Waals surface area contributed by atoms with E-state index in [-0.39, 0.29) is 0 Å².